The number of hydrogen-bond donors (Lipinski definition) is 2. The van der Waals surface area contributed by atoms with Crippen molar-refractivity contribution in [2.75, 3.05) is 6.54 Å². The van der Waals surface area contributed by atoms with Gasteiger partial charge in [0.25, 0.3) is 0 Å². The maximum absolute atomic E-state index is 12.3. The third-order valence-corrected chi connectivity index (χ3v) is 6.87. The van der Waals surface area contributed by atoms with E-state index in [0.717, 1.165) is 46.0 Å². The number of hydrogen-bond acceptors (Lipinski definition) is 5. The van der Waals surface area contributed by atoms with Gasteiger partial charge in [-0.1, -0.05) is 30.3 Å². The molecule has 31 heavy (non-hydrogen) atoms. The molecule has 7 heteroatoms. The van der Waals surface area contributed by atoms with Crippen LogP contribution in [-0.2, 0) is 40.1 Å². The van der Waals surface area contributed by atoms with Crippen molar-refractivity contribution in [3.63, 3.8) is 0 Å². The Kier molecular flexibility index (Phi) is 5.56. The minimum Gasteiger partial charge on any atom is -0.460 e. The van der Waals surface area contributed by atoms with Gasteiger partial charge in [-0.15, -0.1) is 0 Å². The van der Waals surface area contributed by atoms with Crippen molar-refractivity contribution in [2.24, 2.45) is 0 Å². The van der Waals surface area contributed by atoms with Gasteiger partial charge in [-0.2, -0.15) is 0 Å². The SMILES string of the molecule is O=C(CNC1Cc2cc3cnc(C4CC4)cc3c(S(=O)O)c2C1)OCc1ccccc1. The van der Waals surface area contributed by atoms with Gasteiger partial charge in [-0.05, 0) is 54.5 Å². The smallest absolute Gasteiger partial charge is 0.320 e. The normalized spacial score (nSPS) is 18.7. The maximum atomic E-state index is 12.3. The lowest BCUT2D eigenvalue weighted by Gasteiger charge is -2.12. The molecule has 0 bridgehead atoms. The molecule has 0 radical (unpaired) electrons. The third-order valence-electron chi connectivity index (χ3n) is 6.06. The zero-order valence-corrected chi connectivity index (χ0v) is 17.9. The molecule has 0 aliphatic heterocycles. The topological polar surface area (TPSA) is 88.5 Å². The van der Waals surface area contributed by atoms with Crippen LogP contribution in [0.15, 0.2) is 53.6 Å². The summed E-state index contributed by atoms with van der Waals surface area (Å²) in [4.78, 5) is 17.2. The molecule has 3 aromatic rings. The molecule has 0 amide bonds. The van der Waals surface area contributed by atoms with Crippen LogP contribution in [-0.4, -0.2) is 32.3 Å². The van der Waals surface area contributed by atoms with Crippen LogP contribution in [0, 0.1) is 0 Å². The summed E-state index contributed by atoms with van der Waals surface area (Å²) in [5, 5.41) is 4.97. The van der Waals surface area contributed by atoms with Crippen LogP contribution < -0.4 is 5.32 Å². The predicted octanol–water partition coefficient (Wildman–Crippen LogP) is 3.49. The second kappa shape index (κ2) is 8.49. The molecule has 0 saturated heterocycles. The van der Waals surface area contributed by atoms with Crippen LogP contribution in [0.2, 0.25) is 0 Å². The maximum Gasteiger partial charge on any atom is 0.320 e. The van der Waals surface area contributed by atoms with Gasteiger partial charge in [0, 0.05) is 34.6 Å². The number of carbonyl (C=O) groups is 1. The predicted molar refractivity (Wildman–Crippen MR) is 118 cm³/mol. The fourth-order valence-electron chi connectivity index (χ4n) is 4.33. The highest BCUT2D eigenvalue weighted by atomic mass is 32.2. The van der Waals surface area contributed by atoms with Crippen LogP contribution in [0.1, 0.15) is 41.1 Å². The van der Waals surface area contributed by atoms with Crippen molar-refractivity contribution in [1.82, 2.24) is 10.3 Å². The lowest BCUT2D eigenvalue weighted by atomic mass is 10.0. The van der Waals surface area contributed by atoms with Gasteiger partial charge < -0.3 is 14.6 Å². The minimum atomic E-state index is -2.09. The summed E-state index contributed by atoms with van der Waals surface area (Å²) in [6, 6.07) is 13.6. The van der Waals surface area contributed by atoms with Crippen molar-refractivity contribution in [3.05, 3.63) is 71.0 Å². The van der Waals surface area contributed by atoms with Crippen molar-refractivity contribution in [1.29, 1.82) is 0 Å². The number of carbonyl (C=O) groups excluding carboxylic acids is 1. The molecule has 5 rings (SSSR count). The van der Waals surface area contributed by atoms with Gasteiger partial charge in [-0.3, -0.25) is 9.78 Å². The first-order valence-electron chi connectivity index (χ1n) is 10.6. The number of pyridine rings is 1. The minimum absolute atomic E-state index is 0.0225. The van der Waals surface area contributed by atoms with Crippen molar-refractivity contribution >= 4 is 27.8 Å². The molecule has 2 unspecified atom stereocenters. The van der Waals surface area contributed by atoms with Gasteiger partial charge in [0.05, 0.1) is 11.4 Å². The van der Waals surface area contributed by atoms with Gasteiger partial charge >= 0.3 is 5.97 Å². The Labute approximate surface area is 183 Å². The molecular formula is C24H24N2O4S. The Bertz CT molecular complexity index is 1160. The quantitative estimate of drug-likeness (QED) is 0.435. The molecule has 2 aliphatic rings. The van der Waals surface area contributed by atoms with E-state index in [-0.39, 0.29) is 25.2 Å². The molecule has 2 aliphatic carbocycles. The van der Waals surface area contributed by atoms with Crippen LogP contribution >= 0.6 is 0 Å². The second-order valence-corrected chi connectivity index (χ2v) is 9.24. The summed E-state index contributed by atoms with van der Waals surface area (Å²) in [6.07, 6.45) is 5.40. The van der Waals surface area contributed by atoms with Gasteiger partial charge in [0.15, 0.2) is 11.1 Å². The van der Waals surface area contributed by atoms with Gasteiger partial charge in [0.1, 0.15) is 6.61 Å². The molecule has 0 spiro atoms. The molecular weight excluding hydrogens is 412 g/mol. The number of aromatic nitrogens is 1. The summed E-state index contributed by atoms with van der Waals surface area (Å²) >= 11 is -2.09. The summed E-state index contributed by atoms with van der Waals surface area (Å²) in [5.74, 6) is 0.170. The second-order valence-electron chi connectivity index (χ2n) is 8.33. The lowest BCUT2D eigenvalue weighted by Crippen LogP contribution is -2.35. The van der Waals surface area contributed by atoms with Crippen LogP contribution in [0.3, 0.4) is 0 Å². The fourth-order valence-corrected chi connectivity index (χ4v) is 5.12. The van der Waals surface area contributed by atoms with E-state index >= 15 is 0 Å². The van der Waals surface area contributed by atoms with E-state index in [0.29, 0.717) is 23.7 Å². The highest BCUT2D eigenvalue weighted by Gasteiger charge is 2.30. The van der Waals surface area contributed by atoms with Crippen molar-refractivity contribution < 1.29 is 18.3 Å². The molecule has 160 valence electrons. The molecule has 2 N–H and O–H groups in total. The number of nitrogens with one attached hydrogen (secondary N) is 1. The fraction of sp³-hybridized carbons (Fsp3) is 0.333. The van der Waals surface area contributed by atoms with E-state index in [1.807, 2.05) is 42.6 Å². The van der Waals surface area contributed by atoms with Crippen molar-refractivity contribution in [3.8, 4) is 0 Å². The average molecular weight is 437 g/mol. The van der Waals surface area contributed by atoms with E-state index in [1.54, 1.807) is 0 Å². The molecule has 1 saturated carbocycles. The molecule has 2 atom stereocenters. The number of nitrogens with zero attached hydrogens (tertiary/aromatic N) is 1. The molecule has 1 aromatic heterocycles. The number of ether oxygens (including phenoxy) is 1. The Morgan fingerprint density at radius 1 is 1.19 bits per heavy atom. The summed E-state index contributed by atoms with van der Waals surface area (Å²) in [5.41, 5.74) is 3.91. The Morgan fingerprint density at radius 3 is 2.74 bits per heavy atom. The van der Waals surface area contributed by atoms with E-state index < -0.39 is 11.1 Å². The van der Waals surface area contributed by atoms with E-state index in [4.69, 9.17) is 4.74 Å². The number of fused-ring (bicyclic) bond motifs is 2. The highest BCUT2D eigenvalue weighted by molar-refractivity contribution is 7.79. The van der Waals surface area contributed by atoms with Gasteiger partial charge in [-0.25, -0.2) is 4.21 Å². The zero-order chi connectivity index (χ0) is 21.4. The zero-order valence-electron chi connectivity index (χ0n) is 17.0. The van der Waals surface area contributed by atoms with Crippen LogP contribution in [0.5, 0.6) is 0 Å². The van der Waals surface area contributed by atoms with Crippen LogP contribution in [0.4, 0.5) is 0 Å². The third kappa shape index (κ3) is 4.39. The lowest BCUT2D eigenvalue weighted by molar-refractivity contribution is -0.144. The van der Waals surface area contributed by atoms with E-state index in [2.05, 4.69) is 16.4 Å². The average Bonchev–Trinajstić information content (AvgIpc) is 3.55. The largest absolute Gasteiger partial charge is 0.460 e. The number of rotatable bonds is 7. The summed E-state index contributed by atoms with van der Waals surface area (Å²) in [6.45, 7) is 0.359. The highest BCUT2D eigenvalue weighted by Crippen LogP contribution is 2.41. The first kappa shape index (κ1) is 20.3. The van der Waals surface area contributed by atoms with Crippen molar-refractivity contribution in [2.45, 2.75) is 49.1 Å². The number of esters is 1. The first-order chi connectivity index (χ1) is 15.1. The van der Waals surface area contributed by atoms with E-state index in [1.165, 1.54) is 0 Å². The Morgan fingerprint density at radius 2 is 2.00 bits per heavy atom. The molecule has 1 fully saturated rings. The molecule has 6 nitrogen and oxygen atoms in total. The first-order valence-corrected chi connectivity index (χ1v) is 11.7. The Hall–Kier alpha value is -2.61. The molecule has 1 heterocycles. The summed E-state index contributed by atoms with van der Waals surface area (Å²) < 4.78 is 27.7. The molecule has 2 aromatic carbocycles. The van der Waals surface area contributed by atoms with E-state index in [9.17, 15) is 13.6 Å². The standard InChI is InChI=1S/C24H24N2O4S/c27-23(30-14-15-4-2-1-3-5-15)13-25-19-9-17-8-18-12-26-22(16-6-7-16)11-21(18)24(31(28)29)20(17)10-19/h1-5,8,11-12,16,19,25H,6-7,9-10,13-14H2,(H,28,29). The Balaban J connectivity index is 1.28. The summed E-state index contributed by atoms with van der Waals surface area (Å²) in [7, 11) is 0. The monoisotopic (exact) mass is 436 g/mol. The van der Waals surface area contributed by atoms with Crippen LogP contribution in [0.25, 0.3) is 10.8 Å². The number of benzene rings is 2. The van der Waals surface area contributed by atoms with Gasteiger partial charge in [0.2, 0.25) is 0 Å².